The van der Waals surface area contributed by atoms with Crippen LogP contribution in [0.5, 0.6) is 0 Å². The number of carboxylic acids is 1. The maximum absolute atomic E-state index is 13.1. The van der Waals surface area contributed by atoms with Gasteiger partial charge in [0.2, 0.25) is 22.4 Å². The van der Waals surface area contributed by atoms with E-state index < -0.39 is 21.2 Å². The first-order chi connectivity index (χ1) is 11.4. The molecule has 9 heteroatoms. The van der Waals surface area contributed by atoms with Crippen molar-refractivity contribution in [1.29, 1.82) is 0 Å². The Morgan fingerprint density at radius 2 is 2.00 bits per heavy atom. The van der Waals surface area contributed by atoms with Crippen LogP contribution in [0.4, 0.5) is 5.95 Å². The quantitative estimate of drug-likeness (QED) is 0.772. The SMILES string of the molecule is O=CNc1nc2c(n1S(=O)(=O)C1CCCCC1)CCC(C(=O)O)=C2. The molecule has 1 aromatic rings. The molecule has 0 saturated heterocycles. The van der Waals surface area contributed by atoms with Gasteiger partial charge >= 0.3 is 5.97 Å². The third-order valence-corrected chi connectivity index (χ3v) is 6.81. The van der Waals surface area contributed by atoms with Crippen LogP contribution in [0.15, 0.2) is 5.57 Å². The van der Waals surface area contributed by atoms with Gasteiger partial charge in [-0.25, -0.2) is 22.2 Å². The summed E-state index contributed by atoms with van der Waals surface area (Å²) in [5.41, 5.74) is 0.914. The third-order valence-electron chi connectivity index (χ3n) is 4.59. The van der Waals surface area contributed by atoms with E-state index in [2.05, 4.69) is 10.3 Å². The average molecular weight is 353 g/mol. The Morgan fingerprint density at radius 3 is 2.62 bits per heavy atom. The highest BCUT2D eigenvalue weighted by Gasteiger charge is 2.35. The first-order valence-corrected chi connectivity index (χ1v) is 9.45. The average Bonchev–Trinajstić information content (AvgIpc) is 2.93. The van der Waals surface area contributed by atoms with Gasteiger partial charge in [-0.3, -0.25) is 10.1 Å². The third kappa shape index (κ3) is 2.83. The second kappa shape index (κ2) is 6.39. The molecule has 0 spiro atoms. The number of amides is 1. The van der Waals surface area contributed by atoms with Crippen molar-refractivity contribution in [2.24, 2.45) is 0 Å². The lowest BCUT2D eigenvalue weighted by Gasteiger charge is -2.24. The number of aromatic nitrogens is 2. The van der Waals surface area contributed by atoms with Crippen LogP contribution in [-0.2, 0) is 26.0 Å². The van der Waals surface area contributed by atoms with Crippen molar-refractivity contribution in [2.75, 3.05) is 5.32 Å². The fourth-order valence-electron chi connectivity index (χ4n) is 3.39. The summed E-state index contributed by atoms with van der Waals surface area (Å²) in [5.74, 6) is -1.11. The topological polar surface area (TPSA) is 118 Å². The van der Waals surface area contributed by atoms with Gasteiger partial charge in [0.25, 0.3) is 0 Å². The fraction of sp³-hybridized carbons (Fsp3) is 0.533. The molecule has 0 radical (unpaired) electrons. The summed E-state index contributed by atoms with van der Waals surface area (Å²) in [5, 5.41) is 11.0. The van der Waals surface area contributed by atoms with Gasteiger partial charge in [0, 0.05) is 5.57 Å². The molecule has 0 unspecified atom stereocenters. The number of hydrogen-bond donors (Lipinski definition) is 2. The van der Waals surface area contributed by atoms with Crippen molar-refractivity contribution in [2.45, 2.75) is 50.2 Å². The summed E-state index contributed by atoms with van der Waals surface area (Å²) in [7, 11) is -3.69. The molecule has 1 heterocycles. The molecular weight excluding hydrogens is 334 g/mol. The number of imidazole rings is 1. The van der Waals surface area contributed by atoms with E-state index in [9.17, 15) is 18.0 Å². The smallest absolute Gasteiger partial charge is 0.331 e. The number of hydrogen-bond acceptors (Lipinski definition) is 5. The van der Waals surface area contributed by atoms with Gasteiger partial charge in [-0.05, 0) is 31.8 Å². The van der Waals surface area contributed by atoms with Gasteiger partial charge in [-0.15, -0.1) is 0 Å². The minimum Gasteiger partial charge on any atom is -0.478 e. The minimum atomic E-state index is -3.69. The summed E-state index contributed by atoms with van der Waals surface area (Å²) in [6.07, 6.45) is 6.17. The Bertz CT molecular complexity index is 803. The fourth-order valence-corrected chi connectivity index (χ4v) is 5.44. The largest absolute Gasteiger partial charge is 0.478 e. The van der Waals surface area contributed by atoms with E-state index in [1.807, 2.05) is 0 Å². The molecule has 2 N–H and O–H groups in total. The second-order valence-corrected chi connectivity index (χ2v) is 8.14. The Hall–Kier alpha value is -2.16. The molecule has 24 heavy (non-hydrogen) atoms. The molecule has 1 aromatic heterocycles. The van der Waals surface area contributed by atoms with E-state index in [0.717, 1.165) is 23.2 Å². The summed E-state index contributed by atoms with van der Waals surface area (Å²) in [6.45, 7) is 0. The van der Waals surface area contributed by atoms with Gasteiger partial charge in [0.1, 0.15) is 0 Å². The van der Waals surface area contributed by atoms with Gasteiger partial charge in [-0.2, -0.15) is 0 Å². The van der Waals surface area contributed by atoms with E-state index in [1.165, 1.54) is 6.08 Å². The van der Waals surface area contributed by atoms with Crippen LogP contribution in [0.25, 0.3) is 6.08 Å². The standard InChI is InChI=1S/C15H19N3O5S/c19-9-16-15-17-12-8-10(14(20)21)6-7-13(12)18(15)24(22,23)11-4-2-1-3-5-11/h8-9,11H,1-7H2,(H,20,21)(H,16,17,19). The monoisotopic (exact) mass is 353 g/mol. The maximum atomic E-state index is 13.1. The van der Waals surface area contributed by atoms with Crippen LogP contribution in [-0.4, -0.2) is 40.1 Å². The van der Waals surface area contributed by atoms with E-state index >= 15 is 0 Å². The Labute approximate surface area is 139 Å². The zero-order valence-corrected chi connectivity index (χ0v) is 13.9. The number of rotatable bonds is 5. The predicted molar refractivity (Wildman–Crippen MR) is 87.0 cm³/mol. The Balaban J connectivity index is 2.10. The minimum absolute atomic E-state index is 0.0662. The van der Waals surface area contributed by atoms with Crippen LogP contribution >= 0.6 is 0 Å². The second-order valence-electron chi connectivity index (χ2n) is 6.07. The number of nitrogens with one attached hydrogen (secondary N) is 1. The van der Waals surface area contributed by atoms with Crippen molar-refractivity contribution in [3.05, 3.63) is 17.0 Å². The lowest BCUT2D eigenvalue weighted by Crippen LogP contribution is -2.31. The summed E-state index contributed by atoms with van der Waals surface area (Å²) in [6, 6.07) is 0. The van der Waals surface area contributed by atoms with E-state index in [4.69, 9.17) is 5.11 Å². The van der Waals surface area contributed by atoms with Crippen molar-refractivity contribution < 1.29 is 23.1 Å². The predicted octanol–water partition coefficient (Wildman–Crippen LogP) is 1.38. The van der Waals surface area contributed by atoms with E-state index in [1.54, 1.807) is 0 Å². The molecule has 1 fully saturated rings. The summed E-state index contributed by atoms with van der Waals surface area (Å²) in [4.78, 5) is 26.1. The molecule has 3 rings (SSSR count). The van der Waals surface area contributed by atoms with Gasteiger partial charge in [-0.1, -0.05) is 19.3 Å². The number of carboxylic acid groups (broad SMARTS) is 1. The van der Waals surface area contributed by atoms with Crippen LogP contribution in [0.2, 0.25) is 0 Å². The lowest BCUT2D eigenvalue weighted by molar-refractivity contribution is -0.132. The van der Waals surface area contributed by atoms with Crippen molar-refractivity contribution in [3.8, 4) is 0 Å². The van der Waals surface area contributed by atoms with Crippen molar-refractivity contribution in [3.63, 3.8) is 0 Å². The van der Waals surface area contributed by atoms with Gasteiger partial charge in [0.05, 0.1) is 16.6 Å². The Morgan fingerprint density at radius 1 is 1.29 bits per heavy atom. The number of carbonyl (C=O) groups excluding carboxylic acids is 1. The molecule has 130 valence electrons. The van der Waals surface area contributed by atoms with Crippen LogP contribution in [0.1, 0.15) is 49.9 Å². The first-order valence-electron chi connectivity index (χ1n) is 7.95. The lowest BCUT2D eigenvalue weighted by atomic mass is 10.0. The van der Waals surface area contributed by atoms with Crippen LogP contribution in [0.3, 0.4) is 0 Å². The van der Waals surface area contributed by atoms with Gasteiger partial charge in [0.15, 0.2) is 0 Å². The number of carbonyl (C=O) groups is 2. The Kier molecular flexibility index (Phi) is 4.44. The highest BCUT2D eigenvalue weighted by molar-refractivity contribution is 7.90. The summed E-state index contributed by atoms with van der Waals surface area (Å²) < 4.78 is 27.2. The van der Waals surface area contributed by atoms with Crippen molar-refractivity contribution >= 4 is 34.4 Å². The van der Waals surface area contributed by atoms with Crippen molar-refractivity contribution in [1.82, 2.24) is 8.96 Å². The number of aliphatic carboxylic acids is 1. The molecule has 0 bridgehead atoms. The zero-order chi connectivity index (χ0) is 17.3. The zero-order valence-electron chi connectivity index (χ0n) is 13.1. The van der Waals surface area contributed by atoms with E-state index in [0.29, 0.717) is 30.6 Å². The number of fused-ring (bicyclic) bond motifs is 1. The molecule has 1 amide bonds. The van der Waals surface area contributed by atoms with E-state index in [-0.39, 0.29) is 24.4 Å². The normalized spacial score (nSPS) is 18.6. The molecule has 0 atom stereocenters. The number of nitrogens with zero attached hydrogens (tertiary/aromatic N) is 2. The summed E-state index contributed by atoms with van der Waals surface area (Å²) >= 11 is 0. The van der Waals surface area contributed by atoms with Crippen LogP contribution < -0.4 is 5.32 Å². The van der Waals surface area contributed by atoms with Crippen LogP contribution in [0, 0.1) is 0 Å². The molecule has 1 saturated carbocycles. The maximum Gasteiger partial charge on any atom is 0.331 e. The number of anilines is 1. The first kappa shape index (κ1) is 16.7. The molecular formula is C15H19N3O5S. The molecule has 0 aliphatic heterocycles. The molecule has 2 aliphatic carbocycles. The molecule has 0 aromatic carbocycles. The molecule has 8 nitrogen and oxygen atoms in total. The highest BCUT2D eigenvalue weighted by Crippen LogP contribution is 2.32. The molecule has 2 aliphatic rings. The van der Waals surface area contributed by atoms with Gasteiger partial charge < -0.3 is 5.11 Å². The highest BCUT2D eigenvalue weighted by atomic mass is 32.2.